The summed E-state index contributed by atoms with van der Waals surface area (Å²) in [7, 11) is 0. The summed E-state index contributed by atoms with van der Waals surface area (Å²) in [5, 5.41) is 0. The third-order valence-corrected chi connectivity index (χ3v) is 3.57. The lowest BCUT2D eigenvalue weighted by Gasteiger charge is -2.48. The summed E-state index contributed by atoms with van der Waals surface area (Å²) < 4.78 is 0. The van der Waals surface area contributed by atoms with E-state index in [4.69, 9.17) is 0 Å². The molecule has 112 valence electrons. The second-order valence-corrected chi connectivity index (χ2v) is 7.56. The minimum absolute atomic E-state index is 0.0587. The molecule has 0 N–H and O–H groups in total. The summed E-state index contributed by atoms with van der Waals surface area (Å²) in [5.41, 5.74) is 3.98. The first-order chi connectivity index (χ1) is 9.71. The van der Waals surface area contributed by atoms with Gasteiger partial charge in [-0.25, -0.2) is 0 Å². The van der Waals surface area contributed by atoms with E-state index < -0.39 is 0 Å². The third kappa shape index (κ3) is 3.47. The van der Waals surface area contributed by atoms with Crippen molar-refractivity contribution in [3.8, 4) is 11.1 Å². The summed E-state index contributed by atoms with van der Waals surface area (Å²) in [6, 6.07) is 19.3. The van der Waals surface area contributed by atoms with E-state index in [1.165, 1.54) is 16.8 Å². The highest BCUT2D eigenvalue weighted by molar-refractivity contribution is 5.79. The number of para-hydroxylation sites is 1. The van der Waals surface area contributed by atoms with Crippen LogP contribution in [0.4, 0.5) is 5.69 Å². The van der Waals surface area contributed by atoms with Gasteiger partial charge in [-0.15, -0.1) is 0 Å². The molecule has 0 amide bonds. The Bertz CT molecular complexity index is 571. The molecule has 0 aliphatic heterocycles. The van der Waals surface area contributed by atoms with Gasteiger partial charge in [-0.3, -0.25) is 0 Å². The number of rotatable bonds is 2. The maximum absolute atomic E-state index is 2.52. The largest absolute Gasteiger partial charge is 0.361 e. The second-order valence-electron chi connectivity index (χ2n) is 7.56. The average molecular weight is 281 g/mol. The lowest BCUT2D eigenvalue weighted by Crippen LogP contribution is -2.53. The highest BCUT2D eigenvalue weighted by Crippen LogP contribution is 2.38. The van der Waals surface area contributed by atoms with Crippen LogP contribution < -0.4 is 4.90 Å². The molecule has 21 heavy (non-hydrogen) atoms. The second kappa shape index (κ2) is 5.55. The van der Waals surface area contributed by atoms with Crippen LogP contribution in [0.5, 0.6) is 0 Å². The maximum Gasteiger partial charge on any atom is 0.0454 e. The molecule has 1 heteroatoms. The van der Waals surface area contributed by atoms with E-state index in [2.05, 4.69) is 101 Å². The number of benzene rings is 2. The molecule has 2 rings (SSSR count). The van der Waals surface area contributed by atoms with Crippen molar-refractivity contribution in [1.82, 2.24) is 0 Å². The number of nitrogens with zero attached hydrogens (tertiary/aromatic N) is 1. The first kappa shape index (κ1) is 15.6. The number of anilines is 1. The minimum Gasteiger partial charge on any atom is -0.361 e. The molecule has 0 aliphatic carbocycles. The van der Waals surface area contributed by atoms with E-state index in [-0.39, 0.29) is 11.1 Å². The lowest BCUT2D eigenvalue weighted by molar-refractivity contribution is 0.381. The van der Waals surface area contributed by atoms with E-state index >= 15 is 0 Å². The van der Waals surface area contributed by atoms with Crippen LogP contribution in [0.15, 0.2) is 54.6 Å². The molecule has 0 aliphatic rings. The van der Waals surface area contributed by atoms with Gasteiger partial charge in [-0.2, -0.15) is 0 Å². The molecule has 0 radical (unpaired) electrons. The zero-order chi connectivity index (χ0) is 15.7. The Morgan fingerprint density at radius 2 is 1.10 bits per heavy atom. The van der Waals surface area contributed by atoms with Crippen LogP contribution >= 0.6 is 0 Å². The summed E-state index contributed by atoms with van der Waals surface area (Å²) >= 11 is 0. The zero-order valence-electron chi connectivity index (χ0n) is 14.1. The molecule has 0 heterocycles. The maximum atomic E-state index is 2.52. The Labute approximate surface area is 129 Å². The van der Waals surface area contributed by atoms with Crippen LogP contribution in [0.2, 0.25) is 0 Å². The summed E-state index contributed by atoms with van der Waals surface area (Å²) in [4.78, 5) is 2.52. The highest BCUT2D eigenvalue weighted by atomic mass is 15.2. The zero-order valence-corrected chi connectivity index (χ0v) is 14.1. The van der Waals surface area contributed by atoms with E-state index in [0.29, 0.717) is 0 Å². The molecular weight excluding hydrogens is 254 g/mol. The Kier molecular flexibility index (Phi) is 4.13. The lowest BCUT2D eigenvalue weighted by atomic mass is 9.92. The fourth-order valence-electron chi connectivity index (χ4n) is 3.26. The van der Waals surface area contributed by atoms with Gasteiger partial charge in [0.15, 0.2) is 0 Å². The van der Waals surface area contributed by atoms with E-state index in [1.807, 2.05) is 0 Å². The molecule has 0 spiro atoms. The smallest absolute Gasteiger partial charge is 0.0454 e. The predicted molar refractivity (Wildman–Crippen MR) is 93.9 cm³/mol. The van der Waals surface area contributed by atoms with Crippen LogP contribution in [-0.2, 0) is 0 Å². The molecule has 0 unspecified atom stereocenters. The van der Waals surface area contributed by atoms with Gasteiger partial charge in [-0.05, 0) is 53.2 Å². The summed E-state index contributed by atoms with van der Waals surface area (Å²) in [6.07, 6.45) is 0. The van der Waals surface area contributed by atoms with Gasteiger partial charge in [0.1, 0.15) is 0 Å². The molecule has 0 fully saturated rings. The van der Waals surface area contributed by atoms with Gasteiger partial charge in [-0.1, -0.05) is 48.5 Å². The SMILES string of the molecule is CC(C)(C)N(c1ccccc1-c1ccccc1)C(C)(C)C. The summed E-state index contributed by atoms with van der Waals surface area (Å²) in [5.74, 6) is 0. The Morgan fingerprint density at radius 1 is 0.619 bits per heavy atom. The normalized spacial score (nSPS) is 12.3. The van der Waals surface area contributed by atoms with Crippen LogP contribution in [-0.4, -0.2) is 11.1 Å². The van der Waals surface area contributed by atoms with Crippen LogP contribution in [0.25, 0.3) is 11.1 Å². The van der Waals surface area contributed by atoms with Gasteiger partial charge >= 0.3 is 0 Å². The topological polar surface area (TPSA) is 3.24 Å². The van der Waals surface area contributed by atoms with Gasteiger partial charge in [0.2, 0.25) is 0 Å². The van der Waals surface area contributed by atoms with Gasteiger partial charge < -0.3 is 4.90 Å². The minimum atomic E-state index is 0.0587. The van der Waals surface area contributed by atoms with Crippen molar-refractivity contribution in [3.63, 3.8) is 0 Å². The molecule has 0 bridgehead atoms. The molecule has 0 atom stereocenters. The van der Waals surface area contributed by atoms with Crippen molar-refractivity contribution < 1.29 is 0 Å². The molecule has 0 aromatic heterocycles. The predicted octanol–water partition coefficient (Wildman–Crippen LogP) is 5.76. The molecule has 2 aromatic rings. The van der Waals surface area contributed by atoms with Crippen molar-refractivity contribution in [2.75, 3.05) is 4.90 Å². The van der Waals surface area contributed by atoms with Gasteiger partial charge in [0.05, 0.1) is 0 Å². The van der Waals surface area contributed by atoms with E-state index in [1.54, 1.807) is 0 Å². The van der Waals surface area contributed by atoms with Crippen molar-refractivity contribution in [3.05, 3.63) is 54.6 Å². The molecule has 0 saturated heterocycles. The van der Waals surface area contributed by atoms with Crippen LogP contribution in [0.3, 0.4) is 0 Å². The van der Waals surface area contributed by atoms with E-state index in [9.17, 15) is 0 Å². The standard InChI is InChI=1S/C20H27N/c1-19(2,3)21(20(4,5)6)18-15-11-10-14-17(18)16-12-8-7-9-13-16/h7-15H,1-6H3. The van der Waals surface area contributed by atoms with Crippen molar-refractivity contribution in [1.29, 1.82) is 0 Å². The van der Waals surface area contributed by atoms with Crippen LogP contribution in [0.1, 0.15) is 41.5 Å². The van der Waals surface area contributed by atoms with Crippen molar-refractivity contribution in [2.24, 2.45) is 0 Å². The quantitative estimate of drug-likeness (QED) is 0.676. The van der Waals surface area contributed by atoms with Crippen molar-refractivity contribution >= 4 is 5.69 Å². The molecule has 1 nitrogen and oxygen atoms in total. The first-order valence-corrected chi connectivity index (χ1v) is 7.66. The Morgan fingerprint density at radius 3 is 1.62 bits per heavy atom. The molecule has 0 saturated carbocycles. The first-order valence-electron chi connectivity index (χ1n) is 7.66. The van der Waals surface area contributed by atoms with Gasteiger partial charge in [0, 0.05) is 22.3 Å². The number of hydrogen-bond acceptors (Lipinski definition) is 1. The van der Waals surface area contributed by atoms with Crippen LogP contribution in [0, 0.1) is 0 Å². The average Bonchev–Trinajstić information content (AvgIpc) is 2.37. The fraction of sp³-hybridized carbons (Fsp3) is 0.400. The Balaban J connectivity index is 2.63. The molecule has 2 aromatic carbocycles. The highest BCUT2D eigenvalue weighted by Gasteiger charge is 2.32. The monoisotopic (exact) mass is 281 g/mol. The van der Waals surface area contributed by atoms with Gasteiger partial charge in [0.25, 0.3) is 0 Å². The number of hydrogen-bond donors (Lipinski definition) is 0. The Hall–Kier alpha value is -1.76. The fourth-order valence-corrected chi connectivity index (χ4v) is 3.26. The van der Waals surface area contributed by atoms with E-state index in [0.717, 1.165) is 0 Å². The third-order valence-electron chi connectivity index (χ3n) is 3.57. The molecular formula is C20H27N. The summed E-state index contributed by atoms with van der Waals surface area (Å²) in [6.45, 7) is 13.7. The van der Waals surface area contributed by atoms with Crippen molar-refractivity contribution in [2.45, 2.75) is 52.6 Å².